The number of ether oxygens (including phenoxy) is 2. The molecule has 0 aliphatic carbocycles. The van der Waals surface area contributed by atoms with Crippen LogP contribution in [0.1, 0.15) is 110 Å². The summed E-state index contributed by atoms with van der Waals surface area (Å²) in [5.74, 6) is 2.45. The number of hydrogen-bond acceptors (Lipinski definition) is 18. The van der Waals surface area contributed by atoms with Gasteiger partial charge in [-0.1, -0.05) is 81.0 Å². The van der Waals surface area contributed by atoms with E-state index in [0.717, 1.165) is 142 Å². The van der Waals surface area contributed by atoms with Crippen LogP contribution in [0.2, 0.25) is 0 Å². The van der Waals surface area contributed by atoms with E-state index in [1.54, 1.807) is 90.8 Å². The van der Waals surface area contributed by atoms with E-state index in [4.69, 9.17) is 14.7 Å². The Bertz CT molecular complexity index is 3610. The molecule has 19 nitrogen and oxygen atoms in total. The summed E-state index contributed by atoms with van der Waals surface area (Å²) in [5, 5.41) is 8.53. The molecule has 2 N–H and O–H groups in total. The third-order valence-electron chi connectivity index (χ3n) is 14.0. The molecule has 6 heterocycles. The van der Waals surface area contributed by atoms with Gasteiger partial charge >= 0.3 is 78.1 Å². The van der Waals surface area contributed by atoms with Crippen LogP contribution in [-0.2, 0) is 34.0 Å². The maximum absolute atomic E-state index is 13.2. The van der Waals surface area contributed by atoms with Crippen LogP contribution < -0.4 is 37.6 Å². The summed E-state index contributed by atoms with van der Waals surface area (Å²) in [6, 6.07) is 39.9. The molecule has 1 amide bonds. The number of nitrogens with zero attached hydrogens (tertiary/aromatic N) is 9. The molecule has 0 saturated heterocycles. The number of hydroxylamine groups is 1. The molecule has 99 heavy (non-hydrogen) atoms. The summed E-state index contributed by atoms with van der Waals surface area (Å²) < 4.78 is 100. The minimum Gasteiger partial charge on any atom is -0.311 e. The fraction of sp³-hybridized carbons (Fsp3) is 0.338. The second kappa shape index (κ2) is 51.1. The van der Waals surface area contributed by atoms with Crippen molar-refractivity contribution in [2.45, 2.75) is 116 Å². The van der Waals surface area contributed by atoms with Crippen molar-refractivity contribution in [3.8, 4) is 28.0 Å². The number of aromatic nitrogens is 6. The van der Waals surface area contributed by atoms with Crippen LogP contribution in [0.5, 0.6) is 5.75 Å². The topological polar surface area (TPSA) is 232 Å². The second-order valence-electron chi connectivity index (χ2n) is 20.9. The SMILES string of the molecule is CCOC(=O)CCCCCCN(c1ccccn1)c1ccc(-c2ccc(F)cc2)cn1.CCOC(=O)CCCCCCN(c1ccccn1)c1ccc(OS(=O)(=O)C(F)(F)F)cn1.I.II.I[I-]I.O=C(CCCCCCN(c1ccccn1)c1ccc(-c2ccc(F)cc2)cn1)NO. The normalized spacial score (nSPS) is 10.6. The first-order valence-electron chi connectivity index (χ1n) is 31.1. The van der Waals surface area contributed by atoms with Crippen molar-refractivity contribution in [1.82, 2.24) is 35.4 Å². The van der Waals surface area contributed by atoms with Crippen molar-refractivity contribution < 1.29 is 76.9 Å². The molecule has 0 atom stereocenters. The van der Waals surface area contributed by atoms with Gasteiger partial charge in [-0.15, -0.1) is 24.0 Å². The van der Waals surface area contributed by atoms with Crippen molar-refractivity contribution in [1.29, 1.82) is 0 Å². The van der Waals surface area contributed by atoms with Crippen molar-refractivity contribution in [2.75, 3.05) is 47.5 Å². The van der Waals surface area contributed by atoms with Crippen LogP contribution in [-0.4, -0.2) is 99.7 Å². The van der Waals surface area contributed by atoms with E-state index < -0.39 is 21.4 Å². The molecule has 0 saturated carbocycles. The largest absolute Gasteiger partial charge is 0.311 e. The zero-order valence-corrected chi connectivity index (χ0v) is 68.2. The van der Waals surface area contributed by atoms with Crippen LogP contribution in [0.3, 0.4) is 0 Å². The van der Waals surface area contributed by atoms with E-state index in [9.17, 15) is 44.8 Å². The van der Waals surface area contributed by atoms with Gasteiger partial charge in [0.2, 0.25) is 5.91 Å². The minimum atomic E-state index is -5.77. The molecule has 0 fully saturated rings. The summed E-state index contributed by atoms with van der Waals surface area (Å²) in [4.78, 5) is 66.3. The Labute approximate surface area is 645 Å². The zero-order chi connectivity index (χ0) is 71.4. The van der Waals surface area contributed by atoms with Gasteiger partial charge in [-0.05, 0) is 161 Å². The van der Waals surface area contributed by atoms with Crippen LogP contribution in [0, 0.1) is 11.6 Å². The average Bonchev–Trinajstić information content (AvgIpc) is 0.832. The fourth-order valence-electron chi connectivity index (χ4n) is 9.27. The maximum Gasteiger partial charge on any atom is 0.243 e. The smallest absolute Gasteiger partial charge is 0.243 e. The summed E-state index contributed by atoms with van der Waals surface area (Å²) in [7, 11) is -5.77. The standard InChI is InChI=1S/C25H28FN3O2.C23H25FN4O2.C20H24F3N3O5S.I3.I2.HI/c1-2-31-25(30)10-5-3-4-8-18-29(23-9-6-7-17-27-23)24-16-13-21(19-28-24)20-11-14-22(26)15-12-20;24-20-12-9-18(10-13-20)19-11-14-22(26-17-19)28(21-7-4-5-15-25-21)16-6-2-1-3-8-23(29)27-30;1-2-30-19(27)10-5-3-4-8-14-26(17-9-6-7-13-24-17)18-12-11-16(15-25-18)31-32(28,29)20(21,22)23;1-3-2;1-2;/h6-7,9,11-17,19H,2-5,8,10,18H2,1H3;4-5,7,9-15,17,30H,1-3,6,8,16H2,(H,27,29);6-7,9,11-13,15H,2-5,8,10,14H2,1H3;;;1H/q;;;-1;;. The van der Waals surface area contributed by atoms with Gasteiger partial charge in [0, 0.05) is 118 Å². The maximum atomic E-state index is 13.2. The molecule has 0 spiro atoms. The Balaban J connectivity index is 0.000000372. The number of halogens is 11. The first kappa shape index (κ1) is 88.1. The number of carbonyl (C=O) groups is 3. The Morgan fingerprint density at radius 3 is 1.09 bits per heavy atom. The molecule has 0 bridgehead atoms. The molecule has 0 aliphatic rings. The fourth-order valence-corrected chi connectivity index (χ4v) is 9.72. The van der Waals surface area contributed by atoms with Gasteiger partial charge in [0.15, 0.2) is 5.75 Å². The number of anilines is 6. The number of rotatable bonds is 33. The predicted molar refractivity (Wildman–Crippen MR) is 417 cm³/mol. The number of amides is 1. The monoisotopic (exact) mass is 2070 g/mol. The Hall–Kier alpha value is -5.11. The Kier molecular flexibility index (Phi) is 45.5. The number of unbranched alkanes of at least 4 members (excludes halogenated alkanes) is 9. The first-order chi connectivity index (χ1) is 47.4. The van der Waals surface area contributed by atoms with E-state index in [1.165, 1.54) is 30.3 Å². The van der Waals surface area contributed by atoms with Crippen LogP contribution in [0.25, 0.3) is 22.3 Å². The molecule has 8 aromatic rings. The molecule has 0 radical (unpaired) electrons. The molecule has 0 unspecified atom stereocenters. The molecule has 31 heteroatoms. The van der Waals surface area contributed by atoms with Crippen LogP contribution >= 0.6 is 98.4 Å². The quantitative estimate of drug-likeness (QED) is 0.00569. The van der Waals surface area contributed by atoms with Gasteiger partial charge in [-0.2, -0.15) is 21.6 Å². The van der Waals surface area contributed by atoms with Gasteiger partial charge in [-0.25, -0.2) is 44.2 Å². The van der Waals surface area contributed by atoms with Gasteiger partial charge < -0.3 is 28.4 Å². The van der Waals surface area contributed by atoms with Gasteiger partial charge in [0.05, 0.1) is 19.4 Å². The Morgan fingerprint density at radius 2 is 0.798 bits per heavy atom. The average molecular weight is 2070 g/mol. The Morgan fingerprint density at radius 1 is 0.475 bits per heavy atom. The van der Waals surface area contributed by atoms with E-state index in [-0.39, 0.29) is 53.5 Å². The number of carbonyl (C=O) groups excluding carboxylic acids is 3. The van der Waals surface area contributed by atoms with Gasteiger partial charge in [-0.3, -0.25) is 19.6 Å². The van der Waals surface area contributed by atoms with Crippen molar-refractivity contribution >= 4 is 161 Å². The van der Waals surface area contributed by atoms with Crippen molar-refractivity contribution in [3.63, 3.8) is 0 Å². The summed E-state index contributed by atoms with van der Waals surface area (Å²) >= 11 is 9.54. The molecular formula is C68H78F5I6N10O9S-. The van der Waals surface area contributed by atoms with E-state index in [2.05, 4.69) is 118 Å². The van der Waals surface area contributed by atoms with E-state index >= 15 is 0 Å². The van der Waals surface area contributed by atoms with Crippen molar-refractivity contribution in [2.24, 2.45) is 0 Å². The molecule has 538 valence electrons. The molecule has 0 aliphatic heterocycles. The minimum absolute atomic E-state index is 0. The predicted octanol–water partition coefficient (Wildman–Crippen LogP) is 16.3. The number of benzene rings is 2. The molecular weight excluding hydrogens is 1990 g/mol. The molecule has 6 aromatic heterocycles. The number of nitrogens with one attached hydrogen (secondary N) is 1. The molecule has 8 rings (SSSR count). The van der Waals surface area contributed by atoms with E-state index in [1.807, 2.05) is 67.6 Å². The molecule has 2 aromatic carbocycles. The van der Waals surface area contributed by atoms with Gasteiger partial charge in [0.1, 0.15) is 46.5 Å². The number of hydrogen-bond donors (Lipinski definition) is 2. The third-order valence-corrected chi connectivity index (χ3v) is 14.9. The number of pyridine rings is 6. The second-order valence-corrected chi connectivity index (χ2v) is 38.7. The third kappa shape index (κ3) is 34.2. The van der Waals surface area contributed by atoms with E-state index in [0.29, 0.717) is 70.3 Å². The summed E-state index contributed by atoms with van der Waals surface area (Å²) in [6.07, 6.45) is 21.2. The first-order valence-corrected chi connectivity index (χ1v) is 51.4. The van der Waals surface area contributed by atoms with Gasteiger partial charge in [0.25, 0.3) is 0 Å². The van der Waals surface area contributed by atoms with Crippen LogP contribution in [0.4, 0.5) is 56.9 Å². The number of esters is 2. The number of alkyl halides is 3. The van der Waals surface area contributed by atoms with Crippen LogP contribution in [0.15, 0.2) is 177 Å². The summed E-state index contributed by atoms with van der Waals surface area (Å²) in [5.41, 5.74) is -0.191. The van der Waals surface area contributed by atoms with Crippen molar-refractivity contribution in [3.05, 3.63) is 188 Å². The summed E-state index contributed by atoms with van der Waals surface area (Å²) in [6.45, 7) is 6.40. The zero-order valence-electron chi connectivity index (χ0n) is 54.2.